The van der Waals surface area contributed by atoms with Crippen LogP contribution >= 0.6 is 27.7 Å². The Morgan fingerprint density at radius 3 is 2.31 bits per heavy atom. The van der Waals surface area contributed by atoms with Crippen LogP contribution in [-0.4, -0.2) is 53.6 Å². The first-order valence-electron chi connectivity index (χ1n) is 10.3. The van der Waals surface area contributed by atoms with Crippen molar-refractivity contribution in [2.45, 2.75) is 5.03 Å². The van der Waals surface area contributed by atoms with Gasteiger partial charge in [0.1, 0.15) is 0 Å². The molecule has 2 aromatic carbocycles. The van der Waals surface area contributed by atoms with Gasteiger partial charge in [-0.25, -0.2) is 4.98 Å². The minimum Gasteiger partial charge on any atom is -0.368 e. The summed E-state index contributed by atoms with van der Waals surface area (Å²) in [6, 6.07) is 21.0. The predicted molar refractivity (Wildman–Crippen MR) is 132 cm³/mol. The molecule has 1 fully saturated rings. The van der Waals surface area contributed by atoms with E-state index in [4.69, 9.17) is 0 Å². The van der Waals surface area contributed by atoms with Gasteiger partial charge < -0.3 is 15.1 Å². The van der Waals surface area contributed by atoms with Gasteiger partial charge in [0.2, 0.25) is 5.91 Å². The van der Waals surface area contributed by atoms with Crippen molar-refractivity contribution in [1.82, 2.24) is 9.88 Å². The predicted octanol–water partition coefficient (Wildman–Crippen LogP) is 4.54. The number of nitrogens with zero attached hydrogens (tertiary/aromatic N) is 3. The fraction of sp³-hybridized carbons (Fsp3) is 0.208. The third-order valence-electron chi connectivity index (χ3n) is 5.16. The lowest BCUT2D eigenvalue weighted by molar-refractivity contribution is -0.113. The van der Waals surface area contributed by atoms with Crippen LogP contribution in [0.25, 0.3) is 0 Å². The van der Waals surface area contributed by atoms with Crippen LogP contribution in [-0.2, 0) is 4.79 Å². The van der Waals surface area contributed by atoms with Gasteiger partial charge in [0.15, 0.2) is 0 Å². The van der Waals surface area contributed by atoms with E-state index in [1.165, 1.54) is 11.8 Å². The van der Waals surface area contributed by atoms with E-state index in [1.54, 1.807) is 6.20 Å². The quantitative estimate of drug-likeness (QED) is 0.493. The average molecular weight is 511 g/mol. The fourth-order valence-electron chi connectivity index (χ4n) is 3.47. The second-order valence-corrected chi connectivity index (χ2v) is 9.25. The van der Waals surface area contributed by atoms with Gasteiger partial charge in [0, 0.05) is 53.8 Å². The molecule has 1 aliphatic rings. The Bertz CT molecular complexity index is 1050. The first-order chi connectivity index (χ1) is 15.6. The van der Waals surface area contributed by atoms with Gasteiger partial charge in [-0.15, -0.1) is 0 Å². The molecule has 0 unspecified atom stereocenters. The molecule has 0 aliphatic carbocycles. The van der Waals surface area contributed by atoms with Crippen molar-refractivity contribution >= 4 is 50.9 Å². The second-order valence-electron chi connectivity index (χ2n) is 7.34. The molecule has 1 N–H and O–H groups in total. The van der Waals surface area contributed by atoms with Crippen molar-refractivity contribution in [3.8, 4) is 0 Å². The molecule has 0 atom stereocenters. The molecule has 4 rings (SSSR count). The van der Waals surface area contributed by atoms with Gasteiger partial charge >= 0.3 is 0 Å². The molecule has 0 spiro atoms. The molecule has 1 aromatic heterocycles. The molecule has 2 amide bonds. The van der Waals surface area contributed by atoms with Gasteiger partial charge in [0.25, 0.3) is 5.91 Å². The molecular weight excluding hydrogens is 488 g/mol. The van der Waals surface area contributed by atoms with Gasteiger partial charge in [0.05, 0.1) is 10.8 Å². The zero-order chi connectivity index (χ0) is 22.3. The largest absolute Gasteiger partial charge is 0.368 e. The maximum atomic E-state index is 12.7. The van der Waals surface area contributed by atoms with Crippen LogP contribution in [0.15, 0.2) is 82.4 Å². The number of piperazine rings is 1. The Morgan fingerprint density at radius 2 is 1.66 bits per heavy atom. The zero-order valence-corrected chi connectivity index (χ0v) is 19.8. The second kappa shape index (κ2) is 10.7. The van der Waals surface area contributed by atoms with Crippen LogP contribution in [0.3, 0.4) is 0 Å². The summed E-state index contributed by atoms with van der Waals surface area (Å²) in [7, 11) is 0. The Kier molecular flexibility index (Phi) is 7.44. The molecule has 6 nitrogen and oxygen atoms in total. The number of pyridine rings is 1. The number of benzene rings is 2. The molecule has 0 bridgehead atoms. The number of hydrogen-bond acceptors (Lipinski definition) is 5. The third-order valence-corrected chi connectivity index (χ3v) is 6.64. The molecule has 32 heavy (non-hydrogen) atoms. The number of halogens is 1. The summed E-state index contributed by atoms with van der Waals surface area (Å²) in [6.45, 7) is 2.90. The van der Waals surface area contributed by atoms with E-state index in [0.717, 1.165) is 34.0 Å². The molecule has 1 saturated heterocycles. The number of nitrogens with one attached hydrogen (secondary N) is 1. The van der Waals surface area contributed by atoms with Gasteiger partial charge in [-0.3, -0.25) is 9.59 Å². The van der Waals surface area contributed by atoms with Gasteiger partial charge in [-0.2, -0.15) is 0 Å². The first-order valence-corrected chi connectivity index (χ1v) is 12.1. The van der Waals surface area contributed by atoms with Crippen LogP contribution in [0.4, 0.5) is 11.4 Å². The summed E-state index contributed by atoms with van der Waals surface area (Å²) in [5.41, 5.74) is 2.56. The number of anilines is 2. The summed E-state index contributed by atoms with van der Waals surface area (Å²) >= 11 is 4.81. The van der Waals surface area contributed by atoms with E-state index in [-0.39, 0.29) is 11.8 Å². The highest BCUT2D eigenvalue weighted by Gasteiger charge is 2.22. The summed E-state index contributed by atoms with van der Waals surface area (Å²) in [6.07, 6.45) is 1.72. The number of thioether (sulfide) groups is 1. The standard InChI is InChI=1S/C24H23BrN4O2S/c25-19-6-4-18(5-7-19)24(31)29-15-13-28(14-16-29)21-10-8-20(9-11-21)27-22(30)17-32-23-3-1-2-12-26-23/h1-12H,13-17H2,(H,27,30). The normalized spacial score (nSPS) is 13.7. The fourth-order valence-corrected chi connectivity index (χ4v) is 4.39. The minimum absolute atomic E-state index is 0.0616. The number of hydrogen-bond donors (Lipinski definition) is 1. The molecule has 0 saturated carbocycles. The lowest BCUT2D eigenvalue weighted by Crippen LogP contribution is -2.48. The van der Waals surface area contributed by atoms with Crippen LogP contribution in [0.1, 0.15) is 10.4 Å². The molecule has 8 heteroatoms. The van der Waals surface area contributed by atoms with Gasteiger partial charge in [-0.1, -0.05) is 33.8 Å². The topological polar surface area (TPSA) is 65.5 Å². The van der Waals surface area contributed by atoms with Crippen LogP contribution < -0.4 is 10.2 Å². The molecule has 2 heterocycles. The number of carbonyl (C=O) groups excluding carboxylic acids is 2. The molecule has 1 aliphatic heterocycles. The Morgan fingerprint density at radius 1 is 0.938 bits per heavy atom. The molecule has 0 radical (unpaired) electrons. The van der Waals surface area contributed by atoms with Gasteiger partial charge in [-0.05, 0) is 60.7 Å². The third kappa shape index (κ3) is 5.89. The highest BCUT2D eigenvalue weighted by molar-refractivity contribution is 9.10. The van der Waals surface area contributed by atoms with E-state index >= 15 is 0 Å². The first kappa shape index (κ1) is 22.4. The Hall–Kier alpha value is -2.84. The summed E-state index contributed by atoms with van der Waals surface area (Å²) < 4.78 is 0.963. The van der Waals surface area contributed by atoms with Crippen molar-refractivity contribution in [1.29, 1.82) is 0 Å². The van der Waals surface area contributed by atoms with Crippen LogP contribution in [0, 0.1) is 0 Å². The summed E-state index contributed by atoms with van der Waals surface area (Å²) in [5.74, 6) is 0.319. The highest BCUT2D eigenvalue weighted by Crippen LogP contribution is 2.21. The zero-order valence-electron chi connectivity index (χ0n) is 17.4. The molecular formula is C24H23BrN4O2S. The van der Waals surface area contributed by atoms with Crippen molar-refractivity contribution in [3.05, 3.63) is 83.0 Å². The minimum atomic E-state index is -0.0616. The van der Waals surface area contributed by atoms with E-state index in [9.17, 15) is 9.59 Å². The van der Waals surface area contributed by atoms with Crippen molar-refractivity contribution in [2.75, 3.05) is 42.1 Å². The lowest BCUT2D eigenvalue weighted by atomic mass is 10.1. The van der Waals surface area contributed by atoms with Crippen molar-refractivity contribution < 1.29 is 9.59 Å². The number of aromatic nitrogens is 1. The van der Waals surface area contributed by atoms with Crippen molar-refractivity contribution in [2.24, 2.45) is 0 Å². The van der Waals surface area contributed by atoms with Crippen molar-refractivity contribution in [3.63, 3.8) is 0 Å². The number of amides is 2. The van der Waals surface area contributed by atoms with Crippen LogP contribution in [0.2, 0.25) is 0 Å². The maximum Gasteiger partial charge on any atom is 0.253 e. The van der Waals surface area contributed by atoms with E-state index in [1.807, 2.05) is 71.6 Å². The smallest absolute Gasteiger partial charge is 0.253 e. The SMILES string of the molecule is O=C(CSc1ccccn1)Nc1ccc(N2CCN(C(=O)c3ccc(Br)cc3)CC2)cc1. The van der Waals surface area contributed by atoms with Crippen LogP contribution in [0.5, 0.6) is 0 Å². The number of rotatable bonds is 6. The summed E-state index contributed by atoms with van der Waals surface area (Å²) in [5, 5.41) is 3.75. The monoisotopic (exact) mass is 510 g/mol. The maximum absolute atomic E-state index is 12.7. The van der Waals surface area contributed by atoms with E-state index in [0.29, 0.717) is 24.4 Å². The van der Waals surface area contributed by atoms with E-state index < -0.39 is 0 Å². The summed E-state index contributed by atoms with van der Waals surface area (Å²) in [4.78, 5) is 33.3. The van der Waals surface area contributed by atoms with E-state index in [2.05, 4.69) is 31.1 Å². The molecule has 164 valence electrons. The highest BCUT2D eigenvalue weighted by atomic mass is 79.9. The Labute approximate surface area is 200 Å². The molecule has 3 aromatic rings. The number of carbonyl (C=O) groups is 2. The lowest BCUT2D eigenvalue weighted by Gasteiger charge is -2.36. The average Bonchev–Trinajstić information content (AvgIpc) is 2.84. The Balaban J connectivity index is 1.26.